The molecule has 6 nitrogen and oxygen atoms in total. The third-order valence-electron chi connectivity index (χ3n) is 3.99. The minimum Gasteiger partial charge on any atom is -0.408 e. The van der Waals surface area contributed by atoms with Crippen molar-refractivity contribution < 1.29 is 9.21 Å². The number of hydrogen-bond donors (Lipinski definition) is 1. The lowest BCUT2D eigenvalue weighted by Gasteiger charge is -2.08. The molecule has 0 fully saturated rings. The molecule has 24 heavy (non-hydrogen) atoms. The van der Waals surface area contributed by atoms with Gasteiger partial charge >= 0.3 is 5.76 Å². The van der Waals surface area contributed by atoms with E-state index in [1.807, 2.05) is 12.1 Å². The standard InChI is InChI=1S/C18H19N3O3/c1-11(2)13-6-7-19-14(9-13)17(22)20-10-12-4-5-15-16(8-12)24-18(23)21(15)3/h4-9,11H,10H2,1-3H3,(H,20,22). The molecule has 0 bridgehead atoms. The number of nitrogens with zero attached hydrogens (tertiary/aromatic N) is 2. The van der Waals surface area contributed by atoms with Crippen molar-refractivity contribution in [1.82, 2.24) is 14.9 Å². The molecule has 0 aliphatic carbocycles. The van der Waals surface area contributed by atoms with Gasteiger partial charge in [0.2, 0.25) is 0 Å². The number of aryl methyl sites for hydroxylation is 1. The fraction of sp³-hybridized carbons (Fsp3) is 0.278. The molecule has 0 unspecified atom stereocenters. The van der Waals surface area contributed by atoms with Crippen LogP contribution in [0.3, 0.4) is 0 Å². The average Bonchev–Trinajstić information content (AvgIpc) is 2.86. The summed E-state index contributed by atoms with van der Waals surface area (Å²) in [5.41, 5.74) is 3.55. The summed E-state index contributed by atoms with van der Waals surface area (Å²) in [4.78, 5) is 27.9. The van der Waals surface area contributed by atoms with Crippen LogP contribution < -0.4 is 11.1 Å². The first-order valence-electron chi connectivity index (χ1n) is 7.78. The monoisotopic (exact) mass is 325 g/mol. The van der Waals surface area contributed by atoms with E-state index in [1.54, 1.807) is 31.4 Å². The van der Waals surface area contributed by atoms with Gasteiger partial charge in [0, 0.05) is 19.8 Å². The zero-order valence-electron chi connectivity index (χ0n) is 13.9. The maximum atomic E-state index is 12.3. The van der Waals surface area contributed by atoms with Crippen molar-refractivity contribution in [2.24, 2.45) is 7.05 Å². The van der Waals surface area contributed by atoms with Gasteiger partial charge in [0.1, 0.15) is 5.69 Å². The number of oxazole rings is 1. The molecule has 6 heteroatoms. The summed E-state index contributed by atoms with van der Waals surface area (Å²) in [5.74, 6) is -0.295. The molecule has 1 amide bonds. The van der Waals surface area contributed by atoms with Gasteiger partial charge in [-0.15, -0.1) is 0 Å². The predicted octanol–water partition coefficient (Wildman–Crippen LogP) is 2.58. The van der Waals surface area contributed by atoms with Crippen LogP contribution in [0, 0.1) is 0 Å². The Hall–Kier alpha value is -2.89. The Morgan fingerprint density at radius 2 is 2.08 bits per heavy atom. The molecule has 0 saturated heterocycles. The molecular formula is C18H19N3O3. The molecular weight excluding hydrogens is 306 g/mol. The molecule has 2 aromatic heterocycles. The Kier molecular flexibility index (Phi) is 4.20. The number of aromatic nitrogens is 2. The quantitative estimate of drug-likeness (QED) is 0.800. The Labute approximate surface area is 139 Å². The maximum Gasteiger partial charge on any atom is 0.419 e. The van der Waals surface area contributed by atoms with Crippen LogP contribution in [0.5, 0.6) is 0 Å². The van der Waals surface area contributed by atoms with E-state index < -0.39 is 5.76 Å². The maximum absolute atomic E-state index is 12.3. The van der Waals surface area contributed by atoms with Crippen molar-refractivity contribution in [2.75, 3.05) is 0 Å². The summed E-state index contributed by atoms with van der Waals surface area (Å²) < 4.78 is 6.60. The number of pyridine rings is 1. The number of nitrogens with one attached hydrogen (secondary N) is 1. The number of carbonyl (C=O) groups excluding carboxylic acids is 1. The lowest BCUT2D eigenvalue weighted by Crippen LogP contribution is -2.24. The van der Waals surface area contributed by atoms with Crippen molar-refractivity contribution in [3.8, 4) is 0 Å². The van der Waals surface area contributed by atoms with Gasteiger partial charge in [-0.25, -0.2) is 4.79 Å². The normalized spacial score (nSPS) is 11.2. The van der Waals surface area contributed by atoms with Crippen LogP contribution in [0.2, 0.25) is 0 Å². The second-order valence-electron chi connectivity index (χ2n) is 6.04. The van der Waals surface area contributed by atoms with E-state index in [1.165, 1.54) is 4.57 Å². The third-order valence-corrected chi connectivity index (χ3v) is 3.99. The molecule has 3 aromatic rings. The van der Waals surface area contributed by atoms with E-state index in [9.17, 15) is 9.59 Å². The molecule has 0 radical (unpaired) electrons. The summed E-state index contributed by atoms with van der Waals surface area (Å²) in [6.45, 7) is 4.47. The second kappa shape index (κ2) is 6.31. The number of amides is 1. The summed E-state index contributed by atoms with van der Waals surface area (Å²) in [5, 5.41) is 2.84. The van der Waals surface area contributed by atoms with Crippen LogP contribution in [0.4, 0.5) is 0 Å². The van der Waals surface area contributed by atoms with Crippen LogP contribution in [0.1, 0.15) is 41.4 Å². The van der Waals surface area contributed by atoms with E-state index in [2.05, 4.69) is 24.1 Å². The summed E-state index contributed by atoms with van der Waals surface area (Å²) in [7, 11) is 1.66. The predicted molar refractivity (Wildman–Crippen MR) is 91.0 cm³/mol. The first kappa shape index (κ1) is 16.0. The average molecular weight is 325 g/mol. The summed E-state index contributed by atoms with van der Waals surface area (Å²) in [6.07, 6.45) is 1.65. The van der Waals surface area contributed by atoms with E-state index in [-0.39, 0.29) is 5.91 Å². The van der Waals surface area contributed by atoms with Crippen molar-refractivity contribution in [3.63, 3.8) is 0 Å². The smallest absolute Gasteiger partial charge is 0.408 e. The lowest BCUT2D eigenvalue weighted by atomic mass is 10.0. The van der Waals surface area contributed by atoms with Gasteiger partial charge in [-0.1, -0.05) is 19.9 Å². The highest BCUT2D eigenvalue weighted by Crippen LogP contribution is 2.15. The highest BCUT2D eigenvalue weighted by molar-refractivity contribution is 5.92. The topological polar surface area (TPSA) is 77.1 Å². The van der Waals surface area contributed by atoms with Crippen LogP contribution in [0.25, 0.3) is 11.1 Å². The molecule has 3 rings (SSSR count). The van der Waals surface area contributed by atoms with E-state index >= 15 is 0 Å². The van der Waals surface area contributed by atoms with E-state index in [0.29, 0.717) is 23.7 Å². The third kappa shape index (κ3) is 3.08. The van der Waals surface area contributed by atoms with Gasteiger partial charge in [0.25, 0.3) is 5.91 Å². The number of fused-ring (bicyclic) bond motifs is 1. The minimum atomic E-state index is -0.402. The van der Waals surface area contributed by atoms with Gasteiger partial charge in [-0.3, -0.25) is 14.3 Å². The van der Waals surface area contributed by atoms with Crippen molar-refractivity contribution >= 4 is 17.0 Å². The number of rotatable bonds is 4. The molecule has 1 N–H and O–H groups in total. The summed E-state index contributed by atoms with van der Waals surface area (Å²) >= 11 is 0. The van der Waals surface area contributed by atoms with Crippen molar-refractivity contribution in [3.05, 3.63) is 63.9 Å². The number of hydrogen-bond acceptors (Lipinski definition) is 4. The Balaban J connectivity index is 1.74. The zero-order valence-corrected chi connectivity index (χ0v) is 13.9. The van der Waals surface area contributed by atoms with E-state index in [0.717, 1.165) is 16.6 Å². The fourth-order valence-electron chi connectivity index (χ4n) is 2.49. The van der Waals surface area contributed by atoms with Gasteiger partial charge in [-0.2, -0.15) is 0 Å². The lowest BCUT2D eigenvalue weighted by molar-refractivity contribution is 0.0946. The largest absolute Gasteiger partial charge is 0.419 e. The second-order valence-corrected chi connectivity index (χ2v) is 6.04. The molecule has 2 heterocycles. The zero-order chi connectivity index (χ0) is 17.3. The van der Waals surface area contributed by atoms with Gasteiger partial charge < -0.3 is 9.73 Å². The Morgan fingerprint density at radius 1 is 1.29 bits per heavy atom. The minimum absolute atomic E-state index is 0.230. The van der Waals surface area contributed by atoms with Gasteiger partial charge in [0.15, 0.2) is 5.58 Å². The van der Waals surface area contributed by atoms with E-state index in [4.69, 9.17) is 4.42 Å². The SMILES string of the molecule is CC(C)c1ccnc(C(=O)NCc2ccc3c(c2)oc(=O)n3C)c1. The molecule has 1 aromatic carbocycles. The first-order chi connectivity index (χ1) is 11.5. The van der Waals surface area contributed by atoms with Crippen LogP contribution in [0.15, 0.2) is 45.7 Å². The fourth-order valence-corrected chi connectivity index (χ4v) is 2.49. The van der Waals surface area contributed by atoms with Crippen LogP contribution in [-0.2, 0) is 13.6 Å². The van der Waals surface area contributed by atoms with Crippen molar-refractivity contribution in [2.45, 2.75) is 26.3 Å². The number of benzene rings is 1. The van der Waals surface area contributed by atoms with Crippen LogP contribution >= 0.6 is 0 Å². The van der Waals surface area contributed by atoms with Crippen LogP contribution in [-0.4, -0.2) is 15.5 Å². The molecule has 0 atom stereocenters. The molecule has 124 valence electrons. The first-order valence-corrected chi connectivity index (χ1v) is 7.78. The number of carbonyl (C=O) groups is 1. The highest BCUT2D eigenvalue weighted by atomic mass is 16.4. The molecule has 0 saturated carbocycles. The molecule has 0 aliphatic heterocycles. The Bertz CT molecular complexity index is 954. The van der Waals surface area contributed by atoms with Crippen molar-refractivity contribution in [1.29, 1.82) is 0 Å². The molecule has 0 spiro atoms. The summed E-state index contributed by atoms with van der Waals surface area (Å²) in [6, 6.07) is 9.14. The Morgan fingerprint density at radius 3 is 2.83 bits per heavy atom. The van der Waals surface area contributed by atoms with Gasteiger partial charge in [-0.05, 0) is 41.3 Å². The van der Waals surface area contributed by atoms with Gasteiger partial charge in [0.05, 0.1) is 5.52 Å². The highest BCUT2D eigenvalue weighted by Gasteiger charge is 2.10. The molecule has 0 aliphatic rings.